The lowest BCUT2D eigenvalue weighted by atomic mass is 9.94. The minimum Gasteiger partial charge on any atom is -0.120 e. The van der Waals surface area contributed by atoms with Crippen molar-refractivity contribution in [3.63, 3.8) is 0 Å². The van der Waals surface area contributed by atoms with Gasteiger partial charge in [-0.05, 0) is 12.3 Å². The van der Waals surface area contributed by atoms with Gasteiger partial charge < -0.3 is 0 Å². The first-order valence-corrected chi connectivity index (χ1v) is 3.29. The molecule has 0 aliphatic carbocycles. The summed E-state index contributed by atoms with van der Waals surface area (Å²) in [6.45, 7) is 7.90. The van der Waals surface area contributed by atoms with Crippen molar-refractivity contribution in [2.75, 3.05) is 0 Å². The molecule has 1 unspecified atom stereocenters. The van der Waals surface area contributed by atoms with Crippen molar-refractivity contribution < 1.29 is 0 Å². The van der Waals surface area contributed by atoms with E-state index in [1.54, 1.807) is 0 Å². The molecule has 0 aliphatic rings. The first-order valence-electron chi connectivity index (χ1n) is 3.29. The van der Waals surface area contributed by atoms with Crippen LogP contribution in [0, 0.1) is 24.2 Å². The Labute approximate surface area is 58.0 Å². The Morgan fingerprint density at radius 1 is 1.67 bits per heavy atom. The molecule has 0 amide bonds. The number of hydrogen-bond donors (Lipinski definition) is 0. The molecule has 0 aromatic heterocycles. The molecule has 0 rings (SSSR count). The maximum atomic E-state index is 5.26. The molecule has 0 aromatic rings. The molecule has 0 fully saturated rings. The Balaban J connectivity index is 3.71. The Hall–Kier alpha value is -0.700. The molecular formula is C9H14. The highest BCUT2D eigenvalue weighted by Gasteiger charge is 2.05. The first kappa shape index (κ1) is 8.30. The van der Waals surface area contributed by atoms with Gasteiger partial charge in [0.05, 0.1) is 0 Å². The second-order valence-electron chi connectivity index (χ2n) is 2.54. The number of terminal acetylenes is 1. The molecule has 0 saturated carbocycles. The molecule has 0 heterocycles. The summed E-state index contributed by atoms with van der Waals surface area (Å²) in [4.78, 5) is 0. The standard InChI is InChI=1S/C9H14/c1-5-7-9(6-2)8(3)4/h2,5,8-9H,1,7H2,3-4H3. The van der Waals surface area contributed by atoms with Crippen molar-refractivity contribution in [3.05, 3.63) is 12.7 Å². The van der Waals surface area contributed by atoms with Gasteiger partial charge in [-0.2, -0.15) is 0 Å². The van der Waals surface area contributed by atoms with E-state index in [2.05, 4.69) is 26.3 Å². The summed E-state index contributed by atoms with van der Waals surface area (Å²) in [5.41, 5.74) is 0. The van der Waals surface area contributed by atoms with Crippen LogP contribution in [0.15, 0.2) is 12.7 Å². The van der Waals surface area contributed by atoms with Crippen LogP contribution in [-0.4, -0.2) is 0 Å². The molecule has 0 N–H and O–H groups in total. The van der Waals surface area contributed by atoms with Gasteiger partial charge in [0.25, 0.3) is 0 Å². The zero-order valence-electron chi connectivity index (χ0n) is 6.22. The topological polar surface area (TPSA) is 0 Å². The van der Waals surface area contributed by atoms with Crippen molar-refractivity contribution in [1.29, 1.82) is 0 Å². The number of allylic oxidation sites excluding steroid dienone is 1. The van der Waals surface area contributed by atoms with Crippen molar-refractivity contribution in [1.82, 2.24) is 0 Å². The van der Waals surface area contributed by atoms with Crippen LogP contribution in [0.4, 0.5) is 0 Å². The maximum absolute atomic E-state index is 5.26. The molecular weight excluding hydrogens is 108 g/mol. The van der Waals surface area contributed by atoms with Crippen molar-refractivity contribution in [2.45, 2.75) is 20.3 Å². The summed E-state index contributed by atoms with van der Waals surface area (Å²) in [5, 5.41) is 0. The summed E-state index contributed by atoms with van der Waals surface area (Å²) >= 11 is 0. The van der Waals surface area contributed by atoms with Gasteiger partial charge in [0, 0.05) is 5.92 Å². The van der Waals surface area contributed by atoms with Gasteiger partial charge in [-0.15, -0.1) is 18.9 Å². The molecule has 1 atom stereocenters. The van der Waals surface area contributed by atoms with Gasteiger partial charge >= 0.3 is 0 Å². The highest BCUT2D eigenvalue weighted by atomic mass is 14.1. The Morgan fingerprint density at radius 3 is 2.33 bits per heavy atom. The molecule has 0 nitrogen and oxygen atoms in total. The molecule has 0 heteroatoms. The zero-order valence-corrected chi connectivity index (χ0v) is 6.22. The van der Waals surface area contributed by atoms with Gasteiger partial charge in [0.15, 0.2) is 0 Å². The highest BCUT2D eigenvalue weighted by molar-refractivity contribution is 4.97. The fraction of sp³-hybridized carbons (Fsp3) is 0.556. The average molecular weight is 122 g/mol. The third-order valence-corrected chi connectivity index (χ3v) is 1.44. The largest absolute Gasteiger partial charge is 0.120 e. The third-order valence-electron chi connectivity index (χ3n) is 1.44. The van der Waals surface area contributed by atoms with E-state index in [-0.39, 0.29) is 0 Å². The van der Waals surface area contributed by atoms with Crippen molar-refractivity contribution in [2.24, 2.45) is 11.8 Å². The van der Waals surface area contributed by atoms with E-state index < -0.39 is 0 Å². The molecule has 0 saturated heterocycles. The lowest BCUT2D eigenvalue weighted by molar-refractivity contribution is 0.486. The third kappa shape index (κ3) is 2.98. The fourth-order valence-electron chi connectivity index (χ4n) is 0.712. The summed E-state index contributed by atoms with van der Waals surface area (Å²) in [6.07, 6.45) is 8.08. The van der Waals surface area contributed by atoms with Gasteiger partial charge in [-0.3, -0.25) is 0 Å². The molecule has 0 aromatic carbocycles. The lowest BCUT2D eigenvalue weighted by Crippen LogP contribution is -2.03. The van der Waals surface area contributed by atoms with Crippen molar-refractivity contribution >= 4 is 0 Å². The maximum Gasteiger partial charge on any atom is 0.0257 e. The Morgan fingerprint density at radius 2 is 2.22 bits per heavy atom. The van der Waals surface area contributed by atoms with Gasteiger partial charge in [0.1, 0.15) is 0 Å². The van der Waals surface area contributed by atoms with Crippen LogP contribution < -0.4 is 0 Å². The Bertz CT molecular complexity index is 114. The highest BCUT2D eigenvalue weighted by Crippen LogP contribution is 2.13. The predicted molar refractivity (Wildman–Crippen MR) is 42.0 cm³/mol. The average Bonchev–Trinajstić information content (AvgIpc) is 1.82. The van der Waals surface area contributed by atoms with Crippen LogP contribution in [0.1, 0.15) is 20.3 Å². The van der Waals surface area contributed by atoms with Gasteiger partial charge in [-0.25, -0.2) is 0 Å². The van der Waals surface area contributed by atoms with E-state index in [1.807, 2.05) is 6.08 Å². The minimum atomic E-state index is 0.377. The SMILES string of the molecule is C#CC(CC=C)C(C)C. The van der Waals surface area contributed by atoms with Crippen LogP contribution in [0.25, 0.3) is 0 Å². The normalized spacial score (nSPS) is 12.7. The van der Waals surface area contributed by atoms with E-state index in [0.29, 0.717) is 11.8 Å². The summed E-state index contributed by atoms with van der Waals surface area (Å²) in [5.74, 6) is 3.69. The summed E-state index contributed by atoms with van der Waals surface area (Å²) < 4.78 is 0. The molecule has 0 bridgehead atoms. The first-order chi connectivity index (χ1) is 4.22. The molecule has 0 radical (unpaired) electrons. The van der Waals surface area contributed by atoms with E-state index in [4.69, 9.17) is 6.42 Å². The monoisotopic (exact) mass is 122 g/mol. The quantitative estimate of drug-likeness (QED) is 0.398. The van der Waals surface area contributed by atoms with E-state index in [0.717, 1.165) is 6.42 Å². The fourth-order valence-corrected chi connectivity index (χ4v) is 0.712. The lowest BCUT2D eigenvalue weighted by Gasteiger charge is -2.10. The van der Waals surface area contributed by atoms with Crippen LogP contribution in [-0.2, 0) is 0 Å². The van der Waals surface area contributed by atoms with E-state index >= 15 is 0 Å². The van der Waals surface area contributed by atoms with Crippen LogP contribution in [0.2, 0.25) is 0 Å². The predicted octanol–water partition coefficient (Wildman–Crippen LogP) is 2.47. The Kier molecular flexibility index (Phi) is 3.88. The van der Waals surface area contributed by atoms with Crippen LogP contribution in [0.3, 0.4) is 0 Å². The van der Waals surface area contributed by atoms with Gasteiger partial charge in [0.2, 0.25) is 0 Å². The summed E-state index contributed by atoms with van der Waals surface area (Å²) in [6, 6.07) is 0. The van der Waals surface area contributed by atoms with E-state index in [1.165, 1.54) is 0 Å². The van der Waals surface area contributed by atoms with Gasteiger partial charge in [-0.1, -0.05) is 19.9 Å². The summed E-state index contributed by atoms with van der Waals surface area (Å²) in [7, 11) is 0. The zero-order chi connectivity index (χ0) is 7.28. The van der Waals surface area contributed by atoms with E-state index in [9.17, 15) is 0 Å². The molecule has 9 heavy (non-hydrogen) atoms. The second-order valence-corrected chi connectivity index (χ2v) is 2.54. The van der Waals surface area contributed by atoms with Crippen LogP contribution in [0.5, 0.6) is 0 Å². The van der Waals surface area contributed by atoms with Crippen molar-refractivity contribution in [3.8, 4) is 12.3 Å². The second kappa shape index (κ2) is 4.21. The minimum absolute atomic E-state index is 0.377. The van der Waals surface area contributed by atoms with Crippen LogP contribution >= 0.6 is 0 Å². The number of rotatable bonds is 3. The molecule has 50 valence electrons. The molecule has 0 aliphatic heterocycles. The molecule has 0 spiro atoms. The number of hydrogen-bond acceptors (Lipinski definition) is 0. The smallest absolute Gasteiger partial charge is 0.0257 e.